The summed E-state index contributed by atoms with van der Waals surface area (Å²) in [6, 6.07) is 7.41. The number of nitrogens with one attached hydrogen (secondary N) is 1. The molecule has 0 aliphatic heterocycles. The van der Waals surface area contributed by atoms with E-state index in [9.17, 15) is 9.59 Å². The molecule has 0 unspecified atom stereocenters. The molecule has 1 N–H and O–H groups in total. The lowest BCUT2D eigenvalue weighted by molar-refractivity contribution is -0.118. The van der Waals surface area contributed by atoms with Crippen molar-refractivity contribution >= 4 is 28.6 Å². The fraction of sp³-hybridized carbons (Fsp3) is 0.526. The van der Waals surface area contributed by atoms with Crippen LogP contribution in [0.3, 0.4) is 0 Å². The average Bonchev–Trinajstić information content (AvgIpc) is 2.63. The quantitative estimate of drug-likeness (QED) is 0.419. The maximum absolute atomic E-state index is 12.8. The first kappa shape index (κ1) is 19.5. The zero-order valence-corrected chi connectivity index (χ0v) is 16.1. The lowest BCUT2D eigenvalue weighted by Crippen LogP contribution is -2.28. The molecule has 6 heteroatoms. The third kappa shape index (κ3) is 5.08. The Morgan fingerprint density at radius 1 is 1.28 bits per heavy atom. The van der Waals surface area contributed by atoms with Crippen molar-refractivity contribution in [2.24, 2.45) is 0 Å². The molecule has 5 nitrogen and oxygen atoms in total. The molecule has 1 aromatic heterocycles. The Kier molecular flexibility index (Phi) is 7.50. The molecule has 0 bridgehead atoms. The van der Waals surface area contributed by atoms with Crippen molar-refractivity contribution in [1.82, 2.24) is 14.9 Å². The van der Waals surface area contributed by atoms with Crippen molar-refractivity contribution in [2.75, 3.05) is 12.3 Å². The first-order valence-electron chi connectivity index (χ1n) is 8.99. The maximum Gasteiger partial charge on any atom is 0.262 e. The molecule has 0 saturated heterocycles. The fourth-order valence-corrected chi connectivity index (χ4v) is 3.51. The SMILES string of the molecule is CCCCCNC(=O)CSc1nc2ccccc2c(=O)n1[C@H](C)CC. The highest BCUT2D eigenvalue weighted by Gasteiger charge is 2.16. The van der Waals surface area contributed by atoms with E-state index in [0.29, 0.717) is 22.6 Å². The third-order valence-electron chi connectivity index (χ3n) is 4.24. The summed E-state index contributed by atoms with van der Waals surface area (Å²) in [5, 5.41) is 4.16. The Morgan fingerprint density at radius 2 is 2.04 bits per heavy atom. The summed E-state index contributed by atoms with van der Waals surface area (Å²) in [5.41, 5.74) is 0.642. The van der Waals surface area contributed by atoms with Crippen molar-refractivity contribution in [3.05, 3.63) is 34.6 Å². The van der Waals surface area contributed by atoms with Crippen LogP contribution in [0.1, 0.15) is 52.5 Å². The highest BCUT2D eigenvalue weighted by molar-refractivity contribution is 7.99. The number of hydrogen-bond donors (Lipinski definition) is 1. The van der Waals surface area contributed by atoms with Gasteiger partial charge in [0.05, 0.1) is 16.7 Å². The summed E-state index contributed by atoms with van der Waals surface area (Å²) in [6.07, 6.45) is 4.08. The van der Waals surface area contributed by atoms with Crippen LogP contribution in [0.5, 0.6) is 0 Å². The van der Waals surface area contributed by atoms with Gasteiger partial charge in [0.15, 0.2) is 5.16 Å². The Bertz CT molecular complexity index is 773. The highest BCUT2D eigenvalue weighted by Crippen LogP contribution is 2.22. The smallest absolute Gasteiger partial charge is 0.262 e. The Morgan fingerprint density at radius 3 is 2.76 bits per heavy atom. The monoisotopic (exact) mass is 361 g/mol. The van der Waals surface area contributed by atoms with Gasteiger partial charge in [0.25, 0.3) is 5.56 Å². The molecule has 0 spiro atoms. The Balaban J connectivity index is 2.18. The van der Waals surface area contributed by atoms with Gasteiger partial charge in [0, 0.05) is 12.6 Å². The van der Waals surface area contributed by atoms with Crippen LogP contribution in [-0.4, -0.2) is 27.8 Å². The lowest BCUT2D eigenvalue weighted by Gasteiger charge is -2.18. The Hall–Kier alpha value is -1.82. The van der Waals surface area contributed by atoms with Crippen molar-refractivity contribution in [3.8, 4) is 0 Å². The van der Waals surface area contributed by atoms with Crippen molar-refractivity contribution in [3.63, 3.8) is 0 Å². The number of benzene rings is 1. The molecule has 136 valence electrons. The zero-order valence-electron chi connectivity index (χ0n) is 15.2. The van der Waals surface area contributed by atoms with Gasteiger partial charge in [0.2, 0.25) is 5.91 Å². The fourth-order valence-electron chi connectivity index (χ4n) is 2.58. The number of para-hydroxylation sites is 1. The number of nitrogens with zero attached hydrogens (tertiary/aromatic N) is 2. The molecular formula is C19H27N3O2S. The largest absolute Gasteiger partial charge is 0.355 e. The van der Waals surface area contributed by atoms with Crippen molar-refractivity contribution in [1.29, 1.82) is 0 Å². The molecule has 0 saturated carbocycles. The highest BCUT2D eigenvalue weighted by atomic mass is 32.2. The Labute approximate surface area is 153 Å². The van der Waals surface area contributed by atoms with E-state index < -0.39 is 0 Å². The summed E-state index contributed by atoms with van der Waals surface area (Å²) in [7, 11) is 0. The van der Waals surface area contributed by atoms with E-state index >= 15 is 0 Å². The molecule has 0 aliphatic rings. The number of aromatic nitrogens is 2. The lowest BCUT2D eigenvalue weighted by atomic mass is 10.2. The van der Waals surface area contributed by atoms with E-state index in [1.165, 1.54) is 11.8 Å². The number of thioether (sulfide) groups is 1. The molecule has 2 aromatic rings. The zero-order chi connectivity index (χ0) is 18.2. The van der Waals surface area contributed by atoms with Gasteiger partial charge in [-0.3, -0.25) is 14.2 Å². The van der Waals surface area contributed by atoms with Crippen LogP contribution in [0.4, 0.5) is 0 Å². The van der Waals surface area contributed by atoms with Crippen molar-refractivity contribution in [2.45, 2.75) is 57.7 Å². The minimum absolute atomic E-state index is 0.0146. The number of hydrogen-bond acceptors (Lipinski definition) is 4. The van der Waals surface area contributed by atoms with E-state index in [-0.39, 0.29) is 23.3 Å². The minimum Gasteiger partial charge on any atom is -0.355 e. The maximum atomic E-state index is 12.8. The van der Waals surface area contributed by atoms with Crippen LogP contribution in [0, 0.1) is 0 Å². The van der Waals surface area contributed by atoms with Crippen LogP contribution >= 0.6 is 11.8 Å². The third-order valence-corrected chi connectivity index (χ3v) is 5.19. The summed E-state index contributed by atoms with van der Waals surface area (Å²) >= 11 is 1.33. The van der Waals surface area contributed by atoms with Crippen LogP contribution in [0.2, 0.25) is 0 Å². The molecule has 25 heavy (non-hydrogen) atoms. The van der Waals surface area contributed by atoms with E-state index in [1.54, 1.807) is 10.6 Å². The van der Waals surface area contributed by atoms with Gasteiger partial charge >= 0.3 is 0 Å². The normalized spacial score (nSPS) is 12.3. The minimum atomic E-state index is -0.0363. The van der Waals surface area contributed by atoms with E-state index in [2.05, 4.69) is 17.2 Å². The number of unbranched alkanes of at least 4 members (excludes halogenated alkanes) is 2. The molecule has 0 fully saturated rings. The van der Waals surface area contributed by atoms with Crippen LogP contribution in [0.25, 0.3) is 10.9 Å². The molecule has 1 atom stereocenters. The molecular weight excluding hydrogens is 334 g/mol. The molecule has 1 heterocycles. The molecule has 0 radical (unpaired) electrons. The second kappa shape index (κ2) is 9.61. The summed E-state index contributed by atoms with van der Waals surface area (Å²) in [4.78, 5) is 29.5. The summed E-state index contributed by atoms with van der Waals surface area (Å²) in [5.74, 6) is 0.257. The predicted octanol–water partition coefficient (Wildman–Crippen LogP) is 3.77. The number of carbonyl (C=O) groups excluding carboxylic acids is 1. The van der Waals surface area contributed by atoms with Crippen LogP contribution in [0.15, 0.2) is 34.2 Å². The number of rotatable bonds is 9. The number of carbonyl (C=O) groups is 1. The second-order valence-electron chi connectivity index (χ2n) is 6.19. The first-order chi connectivity index (χ1) is 12.1. The van der Waals surface area contributed by atoms with Gasteiger partial charge in [-0.05, 0) is 31.9 Å². The van der Waals surface area contributed by atoms with E-state index in [1.807, 2.05) is 32.0 Å². The van der Waals surface area contributed by atoms with Crippen LogP contribution < -0.4 is 10.9 Å². The topological polar surface area (TPSA) is 64.0 Å². The first-order valence-corrected chi connectivity index (χ1v) is 9.97. The molecule has 1 amide bonds. The number of fused-ring (bicyclic) bond motifs is 1. The van der Waals surface area contributed by atoms with Gasteiger partial charge in [-0.15, -0.1) is 0 Å². The number of amides is 1. The second-order valence-corrected chi connectivity index (χ2v) is 7.13. The van der Waals surface area contributed by atoms with Gasteiger partial charge in [-0.25, -0.2) is 4.98 Å². The van der Waals surface area contributed by atoms with Gasteiger partial charge in [-0.1, -0.05) is 50.6 Å². The van der Waals surface area contributed by atoms with Crippen LogP contribution in [-0.2, 0) is 4.79 Å². The van der Waals surface area contributed by atoms with Gasteiger partial charge in [0.1, 0.15) is 0 Å². The summed E-state index contributed by atoms with van der Waals surface area (Å²) < 4.78 is 1.72. The standard InChI is InChI=1S/C19H27N3O2S/c1-4-6-9-12-20-17(23)13-25-19-21-16-11-8-7-10-15(16)18(24)22(19)14(3)5-2/h7-8,10-11,14H,4-6,9,12-13H2,1-3H3,(H,20,23)/t14-/m1/s1. The molecule has 2 rings (SSSR count). The molecule has 0 aliphatic carbocycles. The molecule has 1 aromatic carbocycles. The van der Waals surface area contributed by atoms with E-state index in [4.69, 9.17) is 0 Å². The summed E-state index contributed by atoms with van der Waals surface area (Å²) in [6.45, 7) is 6.89. The predicted molar refractivity (Wildman–Crippen MR) is 104 cm³/mol. The van der Waals surface area contributed by atoms with Gasteiger partial charge in [-0.2, -0.15) is 0 Å². The van der Waals surface area contributed by atoms with Gasteiger partial charge < -0.3 is 5.32 Å². The average molecular weight is 362 g/mol. The van der Waals surface area contributed by atoms with E-state index in [0.717, 1.165) is 25.7 Å². The van der Waals surface area contributed by atoms with Crippen molar-refractivity contribution < 1.29 is 4.79 Å².